The summed E-state index contributed by atoms with van der Waals surface area (Å²) in [5, 5.41) is 12.6. The molecule has 3 heterocycles. The molecule has 0 fully saturated rings. The molecule has 7 heteroatoms. The molecule has 7 nitrogen and oxygen atoms in total. The average molecular weight is 345 g/mol. The van der Waals surface area contributed by atoms with Gasteiger partial charge in [-0.05, 0) is 38.1 Å². The van der Waals surface area contributed by atoms with Crippen LogP contribution in [0.2, 0.25) is 0 Å². The minimum atomic E-state index is 0.301. The molecule has 1 aromatic carbocycles. The van der Waals surface area contributed by atoms with Gasteiger partial charge in [0.05, 0.1) is 12.1 Å². The predicted octanol–water partition coefficient (Wildman–Crippen LogP) is 3.48. The molecule has 4 aromatic rings. The van der Waals surface area contributed by atoms with E-state index in [-0.39, 0.29) is 0 Å². The van der Waals surface area contributed by atoms with Crippen molar-refractivity contribution in [2.24, 2.45) is 0 Å². The molecule has 0 spiro atoms. The molecule has 0 atom stereocenters. The SMILES string of the molecule is CC(C)n1cnnc1CNc1nc(-c2cccnc2)nc2ccccc12. The maximum atomic E-state index is 4.73. The Morgan fingerprint density at radius 2 is 1.96 bits per heavy atom. The van der Waals surface area contributed by atoms with Crippen LogP contribution < -0.4 is 5.32 Å². The minimum absolute atomic E-state index is 0.301. The fraction of sp³-hybridized carbons (Fsp3) is 0.211. The monoisotopic (exact) mass is 345 g/mol. The maximum Gasteiger partial charge on any atom is 0.163 e. The Morgan fingerprint density at radius 3 is 2.77 bits per heavy atom. The minimum Gasteiger partial charge on any atom is -0.362 e. The third-order valence-electron chi connectivity index (χ3n) is 4.14. The van der Waals surface area contributed by atoms with Gasteiger partial charge in [-0.3, -0.25) is 4.98 Å². The molecule has 1 N–H and O–H groups in total. The van der Waals surface area contributed by atoms with Crippen molar-refractivity contribution >= 4 is 16.7 Å². The van der Waals surface area contributed by atoms with E-state index < -0.39 is 0 Å². The number of hydrogen-bond donors (Lipinski definition) is 1. The van der Waals surface area contributed by atoms with Crippen LogP contribution in [0.25, 0.3) is 22.3 Å². The Hall–Kier alpha value is -3.35. The molecule has 0 bridgehead atoms. The summed E-state index contributed by atoms with van der Waals surface area (Å²) in [4.78, 5) is 13.6. The number of nitrogens with one attached hydrogen (secondary N) is 1. The molecule has 3 aromatic heterocycles. The van der Waals surface area contributed by atoms with E-state index >= 15 is 0 Å². The number of para-hydroxylation sites is 1. The van der Waals surface area contributed by atoms with Gasteiger partial charge in [-0.15, -0.1) is 10.2 Å². The Kier molecular flexibility index (Phi) is 4.27. The largest absolute Gasteiger partial charge is 0.362 e. The van der Waals surface area contributed by atoms with Crippen LogP contribution in [0.4, 0.5) is 5.82 Å². The lowest BCUT2D eigenvalue weighted by Gasteiger charge is -2.13. The van der Waals surface area contributed by atoms with Crippen molar-refractivity contribution in [3.05, 3.63) is 60.9 Å². The second-order valence-corrected chi connectivity index (χ2v) is 6.26. The van der Waals surface area contributed by atoms with Crippen LogP contribution in [0.15, 0.2) is 55.1 Å². The van der Waals surface area contributed by atoms with Gasteiger partial charge < -0.3 is 9.88 Å². The fourth-order valence-corrected chi connectivity index (χ4v) is 2.82. The molecule has 0 radical (unpaired) electrons. The number of anilines is 1. The van der Waals surface area contributed by atoms with Crippen LogP contribution in [-0.2, 0) is 6.54 Å². The van der Waals surface area contributed by atoms with E-state index in [0.29, 0.717) is 18.4 Å². The number of hydrogen-bond acceptors (Lipinski definition) is 6. The van der Waals surface area contributed by atoms with E-state index in [2.05, 4.69) is 39.3 Å². The summed E-state index contributed by atoms with van der Waals surface area (Å²) in [7, 11) is 0. The standard InChI is InChI=1S/C19H19N7/c1-13(2)26-12-22-25-17(26)11-21-19-15-7-3-4-8-16(15)23-18(24-19)14-6-5-9-20-10-14/h3-10,12-13H,11H2,1-2H3,(H,21,23,24). The first-order valence-electron chi connectivity index (χ1n) is 8.52. The van der Waals surface area contributed by atoms with Crippen molar-refractivity contribution in [2.45, 2.75) is 26.4 Å². The lowest BCUT2D eigenvalue weighted by atomic mass is 10.2. The second-order valence-electron chi connectivity index (χ2n) is 6.26. The van der Waals surface area contributed by atoms with Gasteiger partial charge in [-0.1, -0.05) is 12.1 Å². The van der Waals surface area contributed by atoms with Crippen LogP contribution in [-0.4, -0.2) is 29.7 Å². The van der Waals surface area contributed by atoms with E-state index in [1.54, 1.807) is 18.7 Å². The van der Waals surface area contributed by atoms with Gasteiger partial charge in [0, 0.05) is 29.4 Å². The zero-order valence-corrected chi connectivity index (χ0v) is 14.7. The van der Waals surface area contributed by atoms with Gasteiger partial charge in [-0.25, -0.2) is 9.97 Å². The molecule has 0 unspecified atom stereocenters. The first-order valence-corrected chi connectivity index (χ1v) is 8.52. The average Bonchev–Trinajstić information content (AvgIpc) is 3.15. The lowest BCUT2D eigenvalue weighted by molar-refractivity contribution is 0.572. The van der Waals surface area contributed by atoms with E-state index in [1.807, 2.05) is 41.0 Å². The van der Waals surface area contributed by atoms with E-state index in [1.165, 1.54) is 0 Å². The quantitative estimate of drug-likeness (QED) is 0.596. The highest BCUT2D eigenvalue weighted by Gasteiger charge is 2.12. The molecular formula is C19H19N7. The van der Waals surface area contributed by atoms with Crippen molar-refractivity contribution in [1.82, 2.24) is 29.7 Å². The molecule has 0 aliphatic carbocycles. The van der Waals surface area contributed by atoms with E-state index in [0.717, 1.165) is 28.1 Å². The highest BCUT2D eigenvalue weighted by atomic mass is 15.3. The molecule has 0 saturated heterocycles. The third-order valence-corrected chi connectivity index (χ3v) is 4.14. The molecule has 0 aliphatic heterocycles. The van der Waals surface area contributed by atoms with Gasteiger partial charge >= 0.3 is 0 Å². The van der Waals surface area contributed by atoms with Crippen molar-refractivity contribution in [3.8, 4) is 11.4 Å². The number of benzene rings is 1. The van der Waals surface area contributed by atoms with Crippen LogP contribution in [0.1, 0.15) is 25.7 Å². The zero-order valence-electron chi connectivity index (χ0n) is 14.7. The number of nitrogens with zero attached hydrogens (tertiary/aromatic N) is 6. The van der Waals surface area contributed by atoms with Crippen molar-refractivity contribution in [1.29, 1.82) is 0 Å². The van der Waals surface area contributed by atoms with Crippen LogP contribution in [0.5, 0.6) is 0 Å². The van der Waals surface area contributed by atoms with Crippen molar-refractivity contribution < 1.29 is 0 Å². The lowest BCUT2D eigenvalue weighted by Crippen LogP contribution is -2.11. The Balaban J connectivity index is 1.72. The number of rotatable bonds is 5. The number of pyridine rings is 1. The summed E-state index contributed by atoms with van der Waals surface area (Å²) in [6.07, 6.45) is 5.26. The van der Waals surface area contributed by atoms with Gasteiger partial charge in [0.1, 0.15) is 12.1 Å². The van der Waals surface area contributed by atoms with Gasteiger partial charge in [0.2, 0.25) is 0 Å². The first-order chi connectivity index (χ1) is 12.7. The second kappa shape index (κ2) is 6.87. The summed E-state index contributed by atoms with van der Waals surface area (Å²) in [6.45, 7) is 4.74. The molecule has 26 heavy (non-hydrogen) atoms. The summed E-state index contributed by atoms with van der Waals surface area (Å²) in [6, 6.07) is 12.1. The Morgan fingerprint density at radius 1 is 1.08 bits per heavy atom. The van der Waals surface area contributed by atoms with Gasteiger partial charge in [0.15, 0.2) is 11.6 Å². The number of aromatic nitrogens is 6. The van der Waals surface area contributed by atoms with E-state index in [4.69, 9.17) is 4.98 Å². The van der Waals surface area contributed by atoms with Crippen LogP contribution in [0, 0.1) is 0 Å². The van der Waals surface area contributed by atoms with Gasteiger partial charge in [-0.2, -0.15) is 0 Å². The smallest absolute Gasteiger partial charge is 0.163 e. The molecule has 4 rings (SSSR count). The van der Waals surface area contributed by atoms with Crippen molar-refractivity contribution in [3.63, 3.8) is 0 Å². The Bertz CT molecular complexity index is 1020. The summed E-state index contributed by atoms with van der Waals surface area (Å²) in [5.74, 6) is 2.28. The molecular weight excluding hydrogens is 326 g/mol. The number of fused-ring (bicyclic) bond motifs is 1. The highest BCUT2D eigenvalue weighted by molar-refractivity contribution is 5.90. The Labute approximate surface area is 151 Å². The van der Waals surface area contributed by atoms with Crippen molar-refractivity contribution in [2.75, 3.05) is 5.32 Å². The summed E-state index contributed by atoms with van der Waals surface area (Å²) in [5.41, 5.74) is 1.76. The van der Waals surface area contributed by atoms with E-state index in [9.17, 15) is 0 Å². The molecule has 0 amide bonds. The molecule has 130 valence electrons. The molecule has 0 aliphatic rings. The predicted molar refractivity (Wildman–Crippen MR) is 101 cm³/mol. The highest BCUT2D eigenvalue weighted by Crippen LogP contribution is 2.24. The molecule has 0 saturated carbocycles. The third kappa shape index (κ3) is 3.11. The zero-order chi connectivity index (χ0) is 17.9. The summed E-state index contributed by atoms with van der Waals surface area (Å²) < 4.78 is 2.04. The fourth-order valence-electron chi connectivity index (χ4n) is 2.82. The van der Waals surface area contributed by atoms with Crippen LogP contribution in [0.3, 0.4) is 0 Å². The van der Waals surface area contributed by atoms with Crippen LogP contribution >= 0.6 is 0 Å². The van der Waals surface area contributed by atoms with Gasteiger partial charge in [0.25, 0.3) is 0 Å². The topological polar surface area (TPSA) is 81.4 Å². The summed E-state index contributed by atoms with van der Waals surface area (Å²) >= 11 is 0. The first kappa shape index (κ1) is 16.1. The normalized spacial score (nSPS) is 11.2. The maximum absolute atomic E-state index is 4.73.